The molecular formula is C17H22O3S. The van der Waals surface area contributed by atoms with Gasteiger partial charge in [-0.3, -0.25) is 4.79 Å². The first kappa shape index (κ1) is 15.1. The maximum atomic E-state index is 11.9. The molecule has 2 heterocycles. The zero-order valence-corrected chi connectivity index (χ0v) is 13.8. The van der Waals surface area contributed by atoms with Crippen LogP contribution in [0.25, 0.3) is 0 Å². The van der Waals surface area contributed by atoms with E-state index in [-0.39, 0.29) is 22.6 Å². The normalized spacial score (nSPS) is 29.0. The first-order chi connectivity index (χ1) is 9.84. The topological polar surface area (TPSA) is 35.5 Å². The van der Waals surface area contributed by atoms with Crippen LogP contribution in [-0.2, 0) is 19.7 Å². The van der Waals surface area contributed by atoms with Gasteiger partial charge in [-0.1, -0.05) is 32.9 Å². The number of aryl methyl sites for hydroxylation is 1. The molecule has 0 spiro atoms. The third-order valence-electron chi connectivity index (χ3n) is 4.12. The zero-order chi connectivity index (χ0) is 15.2. The van der Waals surface area contributed by atoms with Gasteiger partial charge in [-0.05, 0) is 29.5 Å². The molecule has 0 amide bonds. The average Bonchev–Trinajstić information content (AvgIpc) is 2.83. The number of ether oxygens (including phenoxy) is 2. The van der Waals surface area contributed by atoms with Crippen molar-refractivity contribution < 1.29 is 14.3 Å². The minimum atomic E-state index is -0.603. The average molecular weight is 306 g/mol. The predicted octanol–water partition coefficient (Wildman–Crippen LogP) is 3.47. The van der Waals surface area contributed by atoms with E-state index in [0.29, 0.717) is 13.0 Å². The van der Waals surface area contributed by atoms with E-state index in [1.165, 1.54) is 16.0 Å². The smallest absolute Gasteiger partial charge is 0.218 e. The lowest BCUT2D eigenvalue weighted by Crippen LogP contribution is -2.37. The summed E-state index contributed by atoms with van der Waals surface area (Å²) in [4.78, 5) is 13.1. The summed E-state index contributed by atoms with van der Waals surface area (Å²) in [7, 11) is 0. The number of benzene rings is 1. The second kappa shape index (κ2) is 5.41. The Morgan fingerprint density at radius 1 is 1.29 bits per heavy atom. The van der Waals surface area contributed by atoms with Crippen LogP contribution in [0.3, 0.4) is 0 Å². The molecule has 3 rings (SSSR count). The van der Waals surface area contributed by atoms with Gasteiger partial charge < -0.3 is 9.47 Å². The number of hydrogen-bond acceptors (Lipinski definition) is 4. The molecule has 114 valence electrons. The summed E-state index contributed by atoms with van der Waals surface area (Å²) in [6.07, 6.45) is -0.0247. The molecule has 2 fully saturated rings. The van der Waals surface area contributed by atoms with E-state index in [2.05, 4.69) is 45.9 Å². The zero-order valence-electron chi connectivity index (χ0n) is 13.0. The van der Waals surface area contributed by atoms with Gasteiger partial charge in [0.2, 0.25) is 6.29 Å². The highest BCUT2D eigenvalue weighted by atomic mass is 32.2. The summed E-state index contributed by atoms with van der Waals surface area (Å²) >= 11 is 1.76. The van der Waals surface area contributed by atoms with E-state index in [4.69, 9.17) is 9.47 Å². The lowest BCUT2D eigenvalue weighted by Gasteiger charge is -2.27. The Morgan fingerprint density at radius 2 is 2.05 bits per heavy atom. The maximum Gasteiger partial charge on any atom is 0.218 e. The SMILES string of the molecule is Cc1ccc(C(C)(C)C)cc1S[C@H]1CC(=O)[C@@H]2OC[C@H]1O2. The fraction of sp³-hybridized carbons (Fsp3) is 0.588. The number of rotatable bonds is 2. The van der Waals surface area contributed by atoms with Crippen LogP contribution in [0.15, 0.2) is 23.1 Å². The van der Waals surface area contributed by atoms with Gasteiger partial charge in [0, 0.05) is 16.6 Å². The molecule has 3 atom stereocenters. The molecule has 0 unspecified atom stereocenters. The van der Waals surface area contributed by atoms with Gasteiger partial charge >= 0.3 is 0 Å². The first-order valence-electron chi connectivity index (χ1n) is 7.42. The number of ketones is 1. The van der Waals surface area contributed by atoms with Gasteiger partial charge in [-0.15, -0.1) is 11.8 Å². The minimum absolute atomic E-state index is 0.0374. The monoisotopic (exact) mass is 306 g/mol. The molecule has 0 radical (unpaired) electrons. The van der Waals surface area contributed by atoms with Crippen LogP contribution in [-0.4, -0.2) is 30.0 Å². The van der Waals surface area contributed by atoms with Crippen molar-refractivity contribution in [3.05, 3.63) is 29.3 Å². The molecule has 2 saturated heterocycles. The summed E-state index contributed by atoms with van der Waals surface area (Å²) in [5.74, 6) is 0.0749. The highest BCUT2D eigenvalue weighted by molar-refractivity contribution is 8.00. The summed E-state index contributed by atoms with van der Waals surface area (Å²) in [5.41, 5.74) is 2.70. The van der Waals surface area contributed by atoms with Crippen molar-refractivity contribution in [2.45, 2.75) is 62.1 Å². The number of Topliss-reactive ketones (excluding diaryl/α,β-unsaturated/α-hetero) is 1. The number of carbonyl (C=O) groups excluding carboxylic acids is 1. The lowest BCUT2D eigenvalue weighted by atomic mass is 9.87. The van der Waals surface area contributed by atoms with Gasteiger partial charge in [0.1, 0.15) is 0 Å². The number of hydrogen-bond donors (Lipinski definition) is 0. The van der Waals surface area contributed by atoms with Gasteiger partial charge in [0.25, 0.3) is 0 Å². The highest BCUT2D eigenvalue weighted by Crippen LogP contribution is 2.39. The Labute approximate surface area is 130 Å². The molecule has 0 aliphatic carbocycles. The number of fused-ring (bicyclic) bond motifs is 2. The third kappa shape index (κ3) is 3.03. The van der Waals surface area contributed by atoms with Crippen molar-refractivity contribution in [1.82, 2.24) is 0 Å². The molecule has 3 nitrogen and oxygen atoms in total. The third-order valence-corrected chi connectivity index (χ3v) is 5.59. The van der Waals surface area contributed by atoms with E-state index in [0.717, 1.165) is 0 Å². The molecular weight excluding hydrogens is 284 g/mol. The molecule has 0 aromatic heterocycles. The van der Waals surface area contributed by atoms with Gasteiger partial charge in [0.05, 0.1) is 12.7 Å². The Bertz CT molecular complexity index is 562. The molecule has 2 aliphatic heterocycles. The van der Waals surface area contributed by atoms with Crippen LogP contribution in [0, 0.1) is 6.92 Å². The van der Waals surface area contributed by atoms with Crippen LogP contribution in [0.5, 0.6) is 0 Å². The van der Waals surface area contributed by atoms with Gasteiger partial charge in [0.15, 0.2) is 5.78 Å². The molecule has 1 aromatic rings. The van der Waals surface area contributed by atoms with Crippen LogP contribution < -0.4 is 0 Å². The van der Waals surface area contributed by atoms with Crippen LogP contribution in [0.4, 0.5) is 0 Å². The molecule has 2 bridgehead atoms. The van der Waals surface area contributed by atoms with Gasteiger partial charge in [-0.2, -0.15) is 0 Å². The molecule has 1 aromatic carbocycles. The molecule has 4 heteroatoms. The fourth-order valence-electron chi connectivity index (χ4n) is 2.68. The predicted molar refractivity (Wildman–Crippen MR) is 83.8 cm³/mol. The molecule has 21 heavy (non-hydrogen) atoms. The summed E-state index contributed by atoms with van der Waals surface area (Å²) in [5, 5.41) is 0.158. The van der Waals surface area contributed by atoms with E-state index in [9.17, 15) is 4.79 Å². The molecule has 0 saturated carbocycles. The van der Waals surface area contributed by atoms with Crippen molar-refractivity contribution in [3.63, 3.8) is 0 Å². The largest absolute Gasteiger partial charge is 0.343 e. The first-order valence-corrected chi connectivity index (χ1v) is 8.30. The number of thioether (sulfide) groups is 1. The Kier molecular flexibility index (Phi) is 3.89. The quantitative estimate of drug-likeness (QED) is 0.838. The second-order valence-corrected chi connectivity index (χ2v) is 8.18. The van der Waals surface area contributed by atoms with Gasteiger partial charge in [-0.25, -0.2) is 0 Å². The summed E-state index contributed by atoms with van der Waals surface area (Å²) in [6, 6.07) is 6.62. The molecule has 2 aliphatic rings. The van der Waals surface area contributed by atoms with Crippen molar-refractivity contribution in [3.8, 4) is 0 Å². The van der Waals surface area contributed by atoms with Crippen LogP contribution in [0.1, 0.15) is 38.3 Å². The van der Waals surface area contributed by atoms with Crippen LogP contribution >= 0.6 is 11.8 Å². The lowest BCUT2D eigenvalue weighted by molar-refractivity contribution is -0.151. The van der Waals surface area contributed by atoms with Crippen LogP contribution in [0.2, 0.25) is 0 Å². The van der Waals surface area contributed by atoms with E-state index in [1.54, 1.807) is 11.8 Å². The van der Waals surface area contributed by atoms with Crippen molar-refractivity contribution in [1.29, 1.82) is 0 Å². The Balaban J connectivity index is 1.82. The highest BCUT2D eigenvalue weighted by Gasteiger charge is 2.43. The van der Waals surface area contributed by atoms with E-state index >= 15 is 0 Å². The molecule has 0 N–H and O–H groups in total. The minimum Gasteiger partial charge on any atom is -0.343 e. The van der Waals surface area contributed by atoms with E-state index in [1.807, 2.05) is 0 Å². The maximum absolute atomic E-state index is 11.9. The van der Waals surface area contributed by atoms with E-state index < -0.39 is 6.29 Å². The van der Waals surface area contributed by atoms with Crippen molar-refractivity contribution >= 4 is 17.5 Å². The number of carbonyl (C=O) groups is 1. The standard InChI is InChI=1S/C17H22O3S/c1-10-5-6-11(17(2,3)4)7-14(10)21-15-8-12(18)16-19-9-13(15)20-16/h5-7,13,15-16H,8-9H2,1-4H3/t13-,15+,16-/m1/s1. The summed E-state index contributed by atoms with van der Waals surface area (Å²) < 4.78 is 11.0. The fourth-order valence-corrected chi connectivity index (χ4v) is 4.00. The Morgan fingerprint density at radius 3 is 2.76 bits per heavy atom. The van der Waals surface area contributed by atoms with Crippen molar-refractivity contribution in [2.75, 3.05) is 6.61 Å². The second-order valence-electron chi connectivity index (χ2n) is 6.90. The Hall–Kier alpha value is -0.840. The van der Waals surface area contributed by atoms with Crippen molar-refractivity contribution in [2.24, 2.45) is 0 Å². The summed E-state index contributed by atoms with van der Waals surface area (Å²) in [6.45, 7) is 9.30.